The SMILES string of the molecule is Cc1ccc(C(=O)NCCCOCC(C)C)cc1S(=O)(=O)NCc1ccccc1. The molecule has 6 nitrogen and oxygen atoms in total. The smallest absolute Gasteiger partial charge is 0.251 e. The Hall–Kier alpha value is -2.22. The Morgan fingerprint density at radius 2 is 1.83 bits per heavy atom. The molecular formula is C22H30N2O4S. The number of hydrogen-bond acceptors (Lipinski definition) is 4. The standard InChI is InChI=1S/C22H30N2O4S/c1-17(2)16-28-13-7-12-23-22(25)20-11-10-18(3)21(14-20)29(26,27)24-15-19-8-5-4-6-9-19/h4-6,8-11,14,17,24H,7,12-13,15-16H2,1-3H3,(H,23,25). The van der Waals surface area contributed by atoms with Crippen LogP contribution >= 0.6 is 0 Å². The van der Waals surface area contributed by atoms with E-state index in [1.165, 1.54) is 6.07 Å². The maximum Gasteiger partial charge on any atom is 0.251 e. The van der Waals surface area contributed by atoms with Crippen LogP contribution in [0.2, 0.25) is 0 Å². The first-order chi connectivity index (χ1) is 13.8. The zero-order valence-electron chi connectivity index (χ0n) is 17.3. The maximum atomic E-state index is 12.7. The maximum absolute atomic E-state index is 12.7. The van der Waals surface area contributed by atoms with Gasteiger partial charge in [0.1, 0.15) is 0 Å². The predicted octanol–water partition coefficient (Wildman–Crippen LogP) is 3.27. The number of carbonyl (C=O) groups is 1. The number of aryl methyl sites for hydroxylation is 1. The summed E-state index contributed by atoms with van der Waals surface area (Å²) in [7, 11) is -3.74. The lowest BCUT2D eigenvalue weighted by Crippen LogP contribution is -2.27. The molecule has 0 saturated carbocycles. The summed E-state index contributed by atoms with van der Waals surface area (Å²) in [5, 5.41) is 2.81. The predicted molar refractivity (Wildman–Crippen MR) is 114 cm³/mol. The van der Waals surface area contributed by atoms with Gasteiger partial charge in [-0.3, -0.25) is 4.79 Å². The Balaban J connectivity index is 1.96. The molecule has 7 heteroatoms. The molecule has 0 aromatic heterocycles. The van der Waals surface area contributed by atoms with Crippen molar-refractivity contribution in [1.29, 1.82) is 0 Å². The van der Waals surface area contributed by atoms with Gasteiger partial charge in [-0.25, -0.2) is 13.1 Å². The summed E-state index contributed by atoms with van der Waals surface area (Å²) in [6.45, 7) is 7.82. The van der Waals surface area contributed by atoms with Crippen molar-refractivity contribution in [2.45, 2.75) is 38.6 Å². The first kappa shape index (κ1) is 23.1. The Morgan fingerprint density at radius 3 is 2.52 bits per heavy atom. The molecule has 0 atom stereocenters. The van der Waals surface area contributed by atoms with Crippen LogP contribution in [0, 0.1) is 12.8 Å². The van der Waals surface area contributed by atoms with Crippen LogP contribution in [-0.2, 0) is 21.3 Å². The summed E-state index contributed by atoms with van der Waals surface area (Å²) in [6.07, 6.45) is 0.702. The topological polar surface area (TPSA) is 84.5 Å². The number of ether oxygens (including phenoxy) is 1. The molecule has 29 heavy (non-hydrogen) atoms. The molecule has 0 fully saturated rings. The van der Waals surface area contributed by atoms with Crippen molar-refractivity contribution in [1.82, 2.24) is 10.0 Å². The van der Waals surface area contributed by atoms with Crippen LogP contribution in [-0.4, -0.2) is 34.1 Å². The molecule has 1 amide bonds. The van der Waals surface area contributed by atoms with Crippen molar-refractivity contribution in [2.24, 2.45) is 5.92 Å². The third kappa shape index (κ3) is 7.61. The molecule has 0 saturated heterocycles. The Kier molecular flexibility index (Phi) is 8.82. The van der Waals surface area contributed by atoms with E-state index in [-0.39, 0.29) is 17.3 Å². The molecule has 2 N–H and O–H groups in total. The van der Waals surface area contributed by atoms with Gasteiger partial charge in [-0.15, -0.1) is 0 Å². The van der Waals surface area contributed by atoms with E-state index < -0.39 is 10.0 Å². The van der Waals surface area contributed by atoms with Gasteiger partial charge < -0.3 is 10.1 Å². The third-order valence-corrected chi connectivity index (χ3v) is 5.79. The van der Waals surface area contributed by atoms with Gasteiger partial charge in [-0.2, -0.15) is 0 Å². The highest BCUT2D eigenvalue weighted by Crippen LogP contribution is 2.17. The van der Waals surface area contributed by atoms with Gasteiger partial charge in [0.15, 0.2) is 0 Å². The second kappa shape index (κ2) is 11.1. The Bertz CT molecular complexity index is 896. The lowest BCUT2D eigenvalue weighted by atomic mass is 10.1. The van der Waals surface area contributed by atoms with E-state index in [2.05, 4.69) is 23.9 Å². The zero-order chi connectivity index (χ0) is 21.3. The normalized spacial score (nSPS) is 11.6. The van der Waals surface area contributed by atoms with Crippen LogP contribution in [0.3, 0.4) is 0 Å². The van der Waals surface area contributed by atoms with Gasteiger partial charge in [0, 0.05) is 31.9 Å². The molecule has 2 aromatic rings. The number of carbonyl (C=O) groups excluding carboxylic acids is 1. The lowest BCUT2D eigenvalue weighted by Gasteiger charge is -2.12. The Morgan fingerprint density at radius 1 is 1.10 bits per heavy atom. The molecule has 0 spiro atoms. The zero-order valence-corrected chi connectivity index (χ0v) is 18.1. The molecule has 0 unspecified atom stereocenters. The summed E-state index contributed by atoms with van der Waals surface area (Å²) < 4.78 is 33.5. The van der Waals surface area contributed by atoms with Crippen molar-refractivity contribution in [3.63, 3.8) is 0 Å². The summed E-state index contributed by atoms with van der Waals surface area (Å²) in [5.74, 6) is 0.182. The summed E-state index contributed by atoms with van der Waals surface area (Å²) in [6, 6.07) is 14.0. The minimum atomic E-state index is -3.74. The van der Waals surface area contributed by atoms with Crippen molar-refractivity contribution in [3.05, 3.63) is 65.2 Å². The molecule has 0 heterocycles. The van der Waals surface area contributed by atoms with E-state index in [0.717, 1.165) is 5.56 Å². The van der Waals surface area contributed by atoms with Crippen molar-refractivity contribution in [2.75, 3.05) is 19.8 Å². The number of amides is 1. The van der Waals surface area contributed by atoms with Crippen LogP contribution in [0.1, 0.15) is 41.8 Å². The average molecular weight is 419 g/mol. The van der Waals surface area contributed by atoms with Crippen LogP contribution in [0.4, 0.5) is 0 Å². The van der Waals surface area contributed by atoms with Gasteiger partial charge in [-0.1, -0.05) is 50.2 Å². The van der Waals surface area contributed by atoms with E-state index in [1.54, 1.807) is 19.1 Å². The highest BCUT2D eigenvalue weighted by Gasteiger charge is 2.19. The van der Waals surface area contributed by atoms with E-state index in [9.17, 15) is 13.2 Å². The number of rotatable bonds is 11. The fraction of sp³-hybridized carbons (Fsp3) is 0.409. The van der Waals surface area contributed by atoms with Crippen LogP contribution in [0.25, 0.3) is 0 Å². The fourth-order valence-corrected chi connectivity index (χ4v) is 3.97. The summed E-state index contributed by atoms with van der Waals surface area (Å²) in [5.41, 5.74) is 1.77. The minimum absolute atomic E-state index is 0.112. The van der Waals surface area contributed by atoms with E-state index in [4.69, 9.17) is 4.74 Å². The first-order valence-electron chi connectivity index (χ1n) is 9.80. The van der Waals surface area contributed by atoms with E-state index >= 15 is 0 Å². The number of benzene rings is 2. The first-order valence-corrected chi connectivity index (χ1v) is 11.3. The lowest BCUT2D eigenvalue weighted by molar-refractivity contribution is 0.0924. The molecule has 0 bridgehead atoms. The van der Waals surface area contributed by atoms with Gasteiger partial charge in [0.2, 0.25) is 10.0 Å². The molecule has 0 aliphatic carbocycles. The second-order valence-corrected chi connectivity index (χ2v) is 9.10. The molecule has 0 aliphatic heterocycles. The van der Waals surface area contributed by atoms with Crippen LogP contribution < -0.4 is 10.0 Å². The highest BCUT2D eigenvalue weighted by molar-refractivity contribution is 7.89. The molecule has 2 rings (SSSR count). The number of nitrogens with one attached hydrogen (secondary N) is 2. The van der Waals surface area contributed by atoms with Crippen molar-refractivity contribution >= 4 is 15.9 Å². The molecule has 158 valence electrons. The number of sulfonamides is 1. The monoisotopic (exact) mass is 418 g/mol. The molecular weight excluding hydrogens is 388 g/mol. The quantitative estimate of drug-likeness (QED) is 0.549. The van der Waals surface area contributed by atoms with Gasteiger partial charge in [0.25, 0.3) is 5.91 Å². The molecule has 0 aliphatic rings. The second-order valence-electron chi connectivity index (χ2n) is 7.37. The van der Waals surface area contributed by atoms with Crippen molar-refractivity contribution in [3.8, 4) is 0 Å². The fourth-order valence-electron chi connectivity index (χ4n) is 2.68. The third-order valence-electron chi connectivity index (χ3n) is 4.25. The molecule has 0 radical (unpaired) electrons. The van der Waals surface area contributed by atoms with E-state index in [0.29, 0.717) is 43.2 Å². The van der Waals surface area contributed by atoms with Crippen LogP contribution in [0.5, 0.6) is 0 Å². The van der Waals surface area contributed by atoms with Crippen molar-refractivity contribution < 1.29 is 17.9 Å². The largest absolute Gasteiger partial charge is 0.381 e. The average Bonchev–Trinajstić information content (AvgIpc) is 2.69. The Labute approximate surface area is 173 Å². The van der Waals surface area contributed by atoms with Crippen LogP contribution in [0.15, 0.2) is 53.4 Å². The van der Waals surface area contributed by atoms with Gasteiger partial charge in [0.05, 0.1) is 4.90 Å². The number of hydrogen-bond donors (Lipinski definition) is 2. The summed E-state index contributed by atoms with van der Waals surface area (Å²) >= 11 is 0. The summed E-state index contributed by atoms with van der Waals surface area (Å²) in [4.78, 5) is 12.5. The molecule has 2 aromatic carbocycles. The minimum Gasteiger partial charge on any atom is -0.381 e. The highest BCUT2D eigenvalue weighted by atomic mass is 32.2. The van der Waals surface area contributed by atoms with Gasteiger partial charge >= 0.3 is 0 Å². The van der Waals surface area contributed by atoms with E-state index in [1.807, 2.05) is 30.3 Å². The van der Waals surface area contributed by atoms with Gasteiger partial charge in [-0.05, 0) is 42.5 Å².